The van der Waals surface area contributed by atoms with Crippen molar-refractivity contribution >= 4 is 17.2 Å². The van der Waals surface area contributed by atoms with Crippen molar-refractivity contribution < 1.29 is 4.79 Å². The van der Waals surface area contributed by atoms with Crippen LogP contribution in [0, 0.1) is 0 Å². The molecule has 0 bridgehead atoms. The van der Waals surface area contributed by atoms with Crippen LogP contribution in [0.1, 0.15) is 16.2 Å². The smallest absolute Gasteiger partial charge is 0.280 e. The van der Waals surface area contributed by atoms with E-state index in [0.29, 0.717) is 5.01 Å². The summed E-state index contributed by atoms with van der Waals surface area (Å²) in [6.07, 6.45) is 2.66. The third-order valence-corrected chi connectivity index (χ3v) is 2.79. The van der Waals surface area contributed by atoms with Gasteiger partial charge >= 0.3 is 0 Å². The maximum atomic E-state index is 11.5. The Labute approximate surface area is 80.4 Å². The number of hydrogen-bond acceptors (Lipinski definition) is 4. The molecule has 1 aromatic rings. The first kappa shape index (κ1) is 8.65. The van der Waals surface area contributed by atoms with Crippen LogP contribution in [0.5, 0.6) is 0 Å². The van der Waals surface area contributed by atoms with Crippen molar-refractivity contribution in [3.05, 3.63) is 16.6 Å². The summed E-state index contributed by atoms with van der Waals surface area (Å²) in [6, 6.07) is 0.274. The highest BCUT2D eigenvalue weighted by atomic mass is 32.1. The second-order valence-corrected chi connectivity index (χ2v) is 3.90. The second-order valence-electron chi connectivity index (χ2n) is 3.00. The maximum absolute atomic E-state index is 11.5. The molecule has 1 fully saturated rings. The van der Waals surface area contributed by atoms with Gasteiger partial charge in [0, 0.05) is 24.2 Å². The van der Waals surface area contributed by atoms with E-state index in [0.717, 1.165) is 19.5 Å². The fourth-order valence-corrected chi connectivity index (χ4v) is 1.90. The average molecular weight is 197 g/mol. The van der Waals surface area contributed by atoms with Crippen molar-refractivity contribution in [1.29, 1.82) is 0 Å². The molecule has 0 saturated carbocycles. The molecular weight excluding hydrogens is 186 g/mol. The molecule has 0 spiro atoms. The summed E-state index contributed by atoms with van der Waals surface area (Å²) < 4.78 is 0. The number of thiazole rings is 1. The molecule has 4 nitrogen and oxygen atoms in total. The van der Waals surface area contributed by atoms with Gasteiger partial charge in [-0.25, -0.2) is 4.98 Å². The lowest BCUT2D eigenvalue weighted by Gasteiger charge is -2.08. The van der Waals surface area contributed by atoms with Crippen LogP contribution in [0.2, 0.25) is 0 Å². The zero-order valence-electron chi connectivity index (χ0n) is 7.12. The van der Waals surface area contributed by atoms with Crippen LogP contribution in [0.25, 0.3) is 0 Å². The molecule has 2 N–H and O–H groups in total. The molecule has 5 heteroatoms. The maximum Gasteiger partial charge on any atom is 0.280 e. The number of nitrogens with one attached hydrogen (secondary N) is 2. The van der Waals surface area contributed by atoms with Gasteiger partial charge < -0.3 is 10.6 Å². The molecule has 2 heterocycles. The number of nitrogens with zero attached hydrogens (tertiary/aromatic N) is 1. The van der Waals surface area contributed by atoms with Gasteiger partial charge in [0.25, 0.3) is 5.91 Å². The predicted octanol–water partition coefficient (Wildman–Crippen LogP) is 0.235. The van der Waals surface area contributed by atoms with Gasteiger partial charge in [0.15, 0.2) is 5.01 Å². The van der Waals surface area contributed by atoms with Crippen molar-refractivity contribution in [2.45, 2.75) is 12.5 Å². The first-order valence-electron chi connectivity index (χ1n) is 4.27. The topological polar surface area (TPSA) is 54.0 Å². The summed E-state index contributed by atoms with van der Waals surface area (Å²) in [7, 11) is 0. The lowest BCUT2D eigenvalue weighted by molar-refractivity contribution is 0.0939. The number of amides is 1. The molecule has 1 unspecified atom stereocenters. The van der Waals surface area contributed by atoms with E-state index in [2.05, 4.69) is 15.6 Å². The molecule has 1 atom stereocenters. The second kappa shape index (κ2) is 3.85. The van der Waals surface area contributed by atoms with Gasteiger partial charge in [-0.2, -0.15) is 0 Å². The van der Waals surface area contributed by atoms with Crippen LogP contribution in [-0.4, -0.2) is 30.0 Å². The van der Waals surface area contributed by atoms with Crippen molar-refractivity contribution in [3.8, 4) is 0 Å². The minimum absolute atomic E-state index is 0.0521. The molecule has 1 aliphatic rings. The van der Waals surface area contributed by atoms with E-state index >= 15 is 0 Å². The number of rotatable bonds is 2. The van der Waals surface area contributed by atoms with Gasteiger partial charge in [-0.15, -0.1) is 11.3 Å². The summed E-state index contributed by atoms with van der Waals surface area (Å²) in [5.41, 5.74) is 0. The molecule has 1 aliphatic heterocycles. The minimum Gasteiger partial charge on any atom is -0.346 e. The summed E-state index contributed by atoms with van der Waals surface area (Å²) in [4.78, 5) is 15.4. The SMILES string of the molecule is O=C(NC1CCNC1)c1nccs1. The van der Waals surface area contributed by atoms with Gasteiger partial charge in [0.05, 0.1) is 0 Å². The Morgan fingerprint density at radius 2 is 2.69 bits per heavy atom. The molecule has 0 aliphatic carbocycles. The number of carbonyl (C=O) groups is 1. The van der Waals surface area contributed by atoms with Crippen molar-refractivity contribution in [2.75, 3.05) is 13.1 Å². The summed E-state index contributed by atoms with van der Waals surface area (Å²) in [5, 5.41) is 8.47. The van der Waals surface area contributed by atoms with Gasteiger partial charge in [0.2, 0.25) is 0 Å². The highest BCUT2D eigenvalue weighted by molar-refractivity contribution is 7.11. The Kier molecular flexibility index (Phi) is 2.56. The van der Waals surface area contributed by atoms with E-state index in [1.807, 2.05) is 5.38 Å². The third kappa shape index (κ3) is 2.05. The number of aromatic nitrogens is 1. The van der Waals surface area contributed by atoms with Crippen molar-refractivity contribution in [2.24, 2.45) is 0 Å². The summed E-state index contributed by atoms with van der Waals surface area (Å²) in [5.74, 6) is -0.0521. The molecule has 1 aromatic heterocycles. The normalized spacial score (nSPS) is 21.7. The van der Waals surface area contributed by atoms with Crippen LogP contribution in [-0.2, 0) is 0 Å². The average Bonchev–Trinajstić information content (AvgIpc) is 2.74. The predicted molar refractivity (Wildman–Crippen MR) is 50.9 cm³/mol. The molecule has 0 radical (unpaired) electrons. The fraction of sp³-hybridized carbons (Fsp3) is 0.500. The standard InChI is InChI=1S/C8H11N3OS/c12-7(8-10-3-4-13-8)11-6-1-2-9-5-6/h3-4,6,9H,1-2,5H2,(H,11,12). The van der Waals surface area contributed by atoms with Gasteiger partial charge in [-0.05, 0) is 13.0 Å². The van der Waals surface area contributed by atoms with E-state index in [1.54, 1.807) is 6.20 Å². The van der Waals surface area contributed by atoms with Gasteiger partial charge in [0.1, 0.15) is 0 Å². The Bertz CT molecular complexity index is 280. The lowest BCUT2D eigenvalue weighted by Crippen LogP contribution is -2.36. The van der Waals surface area contributed by atoms with Crippen molar-refractivity contribution in [1.82, 2.24) is 15.6 Å². The Balaban J connectivity index is 1.91. The highest BCUT2D eigenvalue weighted by Crippen LogP contribution is 2.05. The molecule has 1 amide bonds. The summed E-state index contributed by atoms with van der Waals surface area (Å²) >= 11 is 1.37. The number of carbonyl (C=O) groups excluding carboxylic acids is 1. The Morgan fingerprint density at radius 3 is 3.31 bits per heavy atom. The zero-order valence-corrected chi connectivity index (χ0v) is 7.93. The van der Waals surface area contributed by atoms with Crippen molar-refractivity contribution in [3.63, 3.8) is 0 Å². The van der Waals surface area contributed by atoms with E-state index in [1.165, 1.54) is 11.3 Å². The molecule has 1 saturated heterocycles. The fourth-order valence-electron chi connectivity index (χ4n) is 1.36. The summed E-state index contributed by atoms with van der Waals surface area (Å²) in [6.45, 7) is 1.86. The van der Waals surface area contributed by atoms with Crippen LogP contribution in [0.15, 0.2) is 11.6 Å². The van der Waals surface area contributed by atoms with E-state index in [4.69, 9.17) is 0 Å². The van der Waals surface area contributed by atoms with E-state index in [9.17, 15) is 4.79 Å². The monoisotopic (exact) mass is 197 g/mol. The molecule has 0 aromatic carbocycles. The van der Waals surface area contributed by atoms with Crippen LogP contribution >= 0.6 is 11.3 Å². The van der Waals surface area contributed by atoms with Crippen LogP contribution < -0.4 is 10.6 Å². The van der Waals surface area contributed by atoms with Crippen LogP contribution in [0.4, 0.5) is 0 Å². The van der Waals surface area contributed by atoms with E-state index in [-0.39, 0.29) is 11.9 Å². The third-order valence-electron chi connectivity index (χ3n) is 2.02. The van der Waals surface area contributed by atoms with E-state index < -0.39 is 0 Å². The zero-order chi connectivity index (χ0) is 9.10. The molecule has 70 valence electrons. The van der Waals surface area contributed by atoms with Crippen LogP contribution in [0.3, 0.4) is 0 Å². The minimum atomic E-state index is -0.0521. The molecule has 2 rings (SSSR count). The lowest BCUT2D eigenvalue weighted by atomic mass is 10.2. The molecule has 13 heavy (non-hydrogen) atoms. The highest BCUT2D eigenvalue weighted by Gasteiger charge is 2.18. The first-order valence-corrected chi connectivity index (χ1v) is 5.15. The number of hydrogen-bond donors (Lipinski definition) is 2. The first-order chi connectivity index (χ1) is 6.36. The quantitative estimate of drug-likeness (QED) is 0.714. The Hall–Kier alpha value is -0.940. The van der Waals surface area contributed by atoms with Gasteiger partial charge in [-0.1, -0.05) is 0 Å². The largest absolute Gasteiger partial charge is 0.346 e. The van der Waals surface area contributed by atoms with Gasteiger partial charge in [-0.3, -0.25) is 4.79 Å². The Morgan fingerprint density at radius 1 is 1.77 bits per heavy atom. The molecular formula is C8H11N3OS.